The summed E-state index contributed by atoms with van der Waals surface area (Å²) in [5.41, 5.74) is 10.1. The van der Waals surface area contributed by atoms with Crippen LogP contribution in [0.2, 0.25) is 0 Å². The minimum absolute atomic E-state index is 0.471. The Balaban J connectivity index is 1.77. The minimum Gasteiger partial charge on any atom is -0.384 e. The largest absolute Gasteiger partial charge is 0.384 e. The molecule has 0 spiro atoms. The molecule has 128 valence electrons. The molecule has 1 aliphatic rings. The fourth-order valence-corrected chi connectivity index (χ4v) is 4.62. The van der Waals surface area contributed by atoms with Gasteiger partial charge in [0.25, 0.3) is 0 Å². The Morgan fingerprint density at radius 3 is 2.44 bits per heavy atom. The van der Waals surface area contributed by atoms with Gasteiger partial charge in [-0.3, -0.25) is 0 Å². The summed E-state index contributed by atoms with van der Waals surface area (Å²) >= 11 is 2.02. The van der Waals surface area contributed by atoms with Crippen LogP contribution in [-0.2, 0) is 6.54 Å². The topological polar surface area (TPSA) is 43.8 Å². The number of benzene rings is 2. The lowest BCUT2D eigenvalue weighted by atomic mass is 10.0. The first kappa shape index (κ1) is 16.3. The van der Waals surface area contributed by atoms with Crippen molar-refractivity contribution >= 4 is 17.6 Å². The first-order valence-electron chi connectivity index (χ1n) is 8.86. The first-order valence-corrected chi connectivity index (χ1v) is 10.0. The van der Waals surface area contributed by atoms with Gasteiger partial charge in [0.1, 0.15) is 11.6 Å². The number of aromatic nitrogens is 2. The van der Waals surface area contributed by atoms with Gasteiger partial charge in [0.15, 0.2) is 0 Å². The molecule has 25 heavy (non-hydrogen) atoms. The van der Waals surface area contributed by atoms with E-state index in [0.717, 1.165) is 35.2 Å². The van der Waals surface area contributed by atoms with Gasteiger partial charge in [-0.15, -0.1) is 0 Å². The fraction of sp³-hybridized carbons (Fsp3) is 0.286. The number of nitrogens with two attached hydrogens (primary N) is 1. The molecule has 1 fully saturated rings. The van der Waals surface area contributed by atoms with Crippen LogP contribution in [0, 0.1) is 0 Å². The molecule has 3 aromatic rings. The van der Waals surface area contributed by atoms with E-state index in [1.165, 1.54) is 24.2 Å². The zero-order chi connectivity index (χ0) is 17.1. The molecule has 2 heterocycles. The molecule has 1 unspecified atom stereocenters. The summed E-state index contributed by atoms with van der Waals surface area (Å²) in [7, 11) is 0. The summed E-state index contributed by atoms with van der Waals surface area (Å²) in [5, 5.41) is 0. The maximum atomic E-state index is 6.61. The quantitative estimate of drug-likeness (QED) is 0.736. The molecule has 0 amide bonds. The van der Waals surface area contributed by atoms with Crippen LogP contribution in [0.25, 0.3) is 11.4 Å². The van der Waals surface area contributed by atoms with Crippen LogP contribution in [0.5, 0.6) is 0 Å². The van der Waals surface area contributed by atoms with Crippen molar-refractivity contribution in [2.75, 3.05) is 17.2 Å². The first-order chi connectivity index (χ1) is 12.3. The van der Waals surface area contributed by atoms with Gasteiger partial charge in [-0.25, -0.2) is 4.98 Å². The highest BCUT2D eigenvalue weighted by atomic mass is 32.2. The molecule has 1 aliphatic heterocycles. The Kier molecular flexibility index (Phi) is 4.79. The summed E-state index contributed by atoms with van der Waals surface area (Å²) < 4.78 is 2.18. The molecule has 0 aliphatic carbocycles. The van der Waals surface area contributed by atoms with Gasteiger partial charge in [-0.2, -0.15) is 11.8 Å². The van der Waals surface area contributed by atoms with E-state index in [1.54, 1.807) is 0 Å². The molecule has 3 nitrogen and oxygen atoms in total. The zero-order valence-electron chi connectivity index (χ0n) is 14.3. The van der Waals surface area contributed by atoms with Gasteiger partial charge in [-0.1, -0.05) is 60.7 Å². The number of thioether (sulfide) groups is 1. The van der Waals surface area contributed by atoms with Gasteiger partial charge >= 0.3 is 0 Å². The van der Waals surface area contributed by atoms with Crippen LogP contribution in [0.3, 0.4) is 0 Å². The average Bonchev–Trinajstić information content (AvgIpc) is 3.01. The number of anilines is 1. The van der Waals surface area contributed by atoms with Crippen LogP contribution >= 0.6 is 11.8 Å². The number of rotatable bonds is 4. The Labute approximate surface area is 153 Å². The van der Waals surface area contributed by atoms with Crippen molar-refractivity contribution in [2.24, 2.45) is 0 Å². The number of imidazole rings is 1. The normalized spacial score (nSPS) is 17.5. The Morgan fingerprint density at radius 2 is 1.76 bits per heavy atom. The maximum Gasteiger partial charge on any atom is 0.142 e. The molecular weight excluding hydrogens is 326 g/mol. The summed E-state index contributed by atoms with van der Waals surface area (Å²) in [6, 6.07) is 20.9. The summed E-state index contributed by atoms with van der Waals surface area (Å²) in [4.78, 5) is 5.02. The lowest BCUT2D eigenvalue weighted by Crippen LogP contribution is -2.12. The highest BCUT2D eigenvalue weighted by Gasteiger charge is 2.25. The van der Waals surface area contributed by atoms with E-state index in [-0.39, 0.29) is 0 Å². The smallest absolute Gasteiger partial charge is 0.142 e. The molecule has 1 aromatic heterocycles. The van der Waals surface area contributed by atoms with Crippen LogP contribution in [-0.4, -0.2) is 21.1 Å². The average molecular weight is 350 g/mol. The summed E-state index contributed by atoms with van der Waals surface area (Å²) in [6.45, 7) is 0.754. The Morgan fingerprint density at radius 1 is 1.04 bits per heavy atom. The van der Waals surface area contributed by atoms with E-state index in [4.69, 9.17) is 10.7 Å². The Hall–Kier alpha value is -2.20. The third kappa shape index (κ3) is 3.45. The predicted octanol–water partition coefficient (Wildman–Crippen LogP) is 4.79. The predicted molar refractivity (Wildman–Crippen MR) is 107 cm³/mol. The second kappa shape index (κ2) is 7.36. The fourth-order valence-electron chi connectivity index (χ4n) is 3.47. The van der Waals surface area contributed by atoms with E-state index in [1.807, 2.05) is 23.9 Å². The second-order valence-corrected chi connectivity index (χ2v) is 7.71. The van der Waals surface area contributed by atoms with Gasteiger partial charge in [0, 0.05) is 17.2 Å². The van der Waals surface area contributed by atoms with Gasteiger partial charge in [-0.05, 0) is 24.2 Å². The van der Waals surface area contributed by atoms with E-state index in [0.29, 0.717) is 5.92 Å². The van der Waals surface area contributed by atoms with E-state index in [9.17, 15) is 0 Å². The van der Waals surface area contributed by atoms with E-state index < -0.39 is 0 Å². The van der Waals surface area contributed by atoms with Gasteiger partial charge < -0.3 is 10.3 Å². The summed E-state index contributed by atoms with van der Waals surface area (Å²) in [6.07, 6.45) is 2.44. The highest BCUT2D eigenvalue weighted by Crippen LogP contribution is 2.36. The van der Waals surface area contributed by atoms with Crippen LogP contribution in [0.1, 0.15) is 30.0 Å². The molecule has 0 bridgehead atoms. The highest BCUT2D eigenvalue weighted by molar-refractivity contribution is 7.99. The van der Waals surface area contributed by atoms with Crippen molar-refractivity contribution in [3.8, 4) is 11.4 Å². The third-order valence-electron chi connectivity index (χ3n) is 4.80. The molecule has 0 radical (unpaired) electrons. The number of hydrogen-bond donors (Lipinski definition) is 1. The van der Waals surface area contributed by atoms with Crippen molar-refractivity contribution in [3.63, 3.8) is 0 Å². The molecular formula is C21H23N3S. The monoisotopic (exact) mass is 349 g/mol. The van der Waals surface area contributed by atoms with Crippen LogP contribution in [0.4, 0.5) is 5.82 Å². The molecule has 1 saturated heterocycles. The maximum absolute atomic E-state index is 6.61. The molecule has 4 rings (SSSR count). The number of nitrogens with zero attached hydrogens (tertiary/aromatic N) is 2. The number of hydrogen-bond acceptors (Lipinski definition) is 3. The second-order valence-electron chi connectivity index (χ2n) is 6.56. The van der Waals surface area contributed by atoms with Crippen molar-refractivity contribution in [3.05, 3.63) is 71.9 Å². The molecule has 2 aromatic carbocycles. The lowest BCUT2D eigenvalue weighted by Gasteiger charge is -2.20. The standard InChI is InChI=1S/C21H23N3S/c22-20-19(18-12-7-13-25-15-18)23-21(17-10-5-2-6-11-17)24(20)14-16-8-3-1-4-9-16/h1-6,8-11,18H,7,12-15,22H2. The third-order valence-corrected chi connectivity index (χ3v) is 6.01. The van der Waals surface area contributed by atoms with Crippen molar-refractivity contribution in [2.45, 2.75) is 25.3 Å². The zero-order valence-corrected chi connectivity index (χ0v) is 15.1. The summed E-state index contributed by atoms with van der Waals surface area (Å²) in [5.74, 6) is 4.66. The van der Waals surface area contributed by atoms with Gasteiger partial charge in [0.05, 0.1) is 12.2 Å². The van der Waals surface area contributed by atoms with Crippen molar-refractivity contribution < 1.29 is 0 Å². The SMILES string of the molecule is Nc1c(C2CCCSC2)nc(-c2ccccc2)n1Cc1ccccc1. The molecule has 0 saturated carbocycles. The van der Waals surface area contributed by atoms with E-state index >= 15 is 0 Å². The molecule has 4 heteroatoms. The van der Waals surface area contributed by atoms with Crippen LogP contribution < -0.4 is 5.73 Å². The number of nitrogen functional groups attached to an aromatic ring is 1. The van der Waals surface area contributed by atoms with Crippen molar-refractivity contribution in [1.29, 1.82) is 0 Å². The molecule has 1 atom stereocenters. The lowest BCUT2D eigenvalue weighted by molar-refractivity contribution is 0.647. The van der Waals surface area contributed by atoms with Crippen LogP contribution in [0.15, 0.2) is 60.7 Å². The molecule has 2 N–H and O–H groups in total. The van der Waals surface area contributed by atoms with Gasteiger partial charge in [0.2, 0.25) is 0 Å². The Bertz CT molecular complexity index is 821. The minimum atomic E-state index is 0.471. The van der Waals surface area contributed by atoms with E-state index in [2.05, 4.69) is 53.1 Å². The van der Waals surface area contributed by atoms with Crippen molar-refractivity contribution in [1.82, 2.24) is 9.55 Å².